The zero-order valence-electron chi connectivity index (χ0n) is 10.1. The maximum Gasteiger partial charge on any atom is 0.170 e. The summed E-state index contributed by atoms with van der Waals surface area (Å²) >= 11 is 0. The van der Waals surface area contributed by atoms with Crippen LogP contribution < -0.4 is 4.74 Å². The molecule has 0 spiro atoms. The van der Waals surface area contributed by atoms with Crippen LogP contribution in [0.25, 0.3) is 0 Å². The molecule has 5 heteroatoms. The highest BCUT2D eigenvalue weighted by Crippen LogP contribution is 2.16. The molecule has 1 heterocycles. The van der Waals surface area contributed by atoms with E-state index in [1.54, 1.807) is 19.1 Å². The third-order valence-corrected chi connectivity index (χ3v) is 2.68. The Bertz CT molecular complexity index is 537. The van der Waals surface area contributed by atoms with Crippen molar-refractivity contribution in [2.24, 2.45) is 7.05 Å². The zero-order valence-corrected chi connectivity index (χ0v) is 10.1. The van der Waals surface area contributed by atoms with Gasteiger partial charge in [-0.2, -0.15) is 0 Å². The monoisotopic (exact) mass is 235 g/mol. The van der Waals surface area contributed by atoms with Crippen LogP contribution >= 0.6 is 0 Å². The minimum atomic E-state index is -0.230. The second kappa shape index (κ2) is 4.53. The number of hydrogen-bond acceptors (Lipinski definition) is 3. The first-order valence-electron chi connectivity index (χ1n) is 5.32. The van der Waals surface area contributed by atoms with Gasteiger partial charge in [0.05, 0.1) is 0 Å². The fourth-order valence-electron chi connectivity index (χ4n) is 1.43. The van der Waals surface area contributed by atoms with Crippen molar-refractivity contribution in [1.82, 2.24) is 14.8 Å². The molecular weight excluding hydrogens is 221 g/mol. The van der Waals surface area contributed by atoms with Crippen molar-refractivity contribution in [2.45, 2.75) is 20.5 Å². The Hall–Kier alpha value is -1.91. The molecule has 90 valence electrons. The quantitative estimate of drug-likeness (QED) is 0.818. The third kappa shape index (κ3) is 2.43. The number of aromatic nitrogens is 3. The summed E-state index contributed by atoms with van der Waals surface area (Å²) in [5.74, 6) is 1.97. The van der Waals surface area contributed by atoms with E-state index in [2.05, 4.69) is 10.2 Å². The lowest BCUT2D eigenvalue weighted by atomic mass is 10.2. The van der Waals surface area contributed by atoms with E-state index in [1.165, 1.54) is 6.07 Å². The first-order chi connectivity index (χ1) is 8.08. The standard InChI is InChI=1S/C12H14FN3O/c1-8-6-10(4-5-11(8)13)17-7-12-15-14-9(2)16(12)3/h4-6H,7H2,1-3H3. The van der Waals surface area contributed by atoms with Crippen LogP contribution in [0, 0.1) is 19.7 Å². The van der Waals surface area contributed by atoms with Crippen LogP contribution in [0.3, 0.4) is 0 Å². The van der Waals surface area contributed by atoms with Gasteiger partial charge < -0.3 is 9.30 Å². The average Bonchev–Trinajstić information content (AvgIpc) is 2.62. The van der Waals surface area contributed by atoms with E-state index in [-0.39, 0.29) is 5.82 Å². The van der Waals surface area contributed by atoms with Crippen LogP contribution in [0.4, 0.5) is 4.39 Å². The first-order valence-corrected chi connectivity index (χ1v) is 5.32. The van der Waals surface area contributed by atoms with Gasteiger partial charge in [0.1, 0.15) is 24.0 Å². The second-order valence-corrected chi connectivity index (χ2v) is 3.92. The third-order valence-electron chi connectivity index (χ3n) is 2.68. The maximum atomic E-state index is 13.0. The lowest BCUT2D eigenvalue weighted by molar-refractivity contribution is 0.290. The van der Waals surface area contributed by atoms with Crippen LogP contribution in [-0.4, -0.2) is 14.8 Å². The Balaban J connectivity index is 2.07. The van der Waals surface area contributed by atoms with Gasteiger partial charge in [0.15, 0.2) is 5.82 Å². The van der Waals surface area contributed by atoms with E-state index < -0.39 is 0 Å². The van der Waals surface area contributed by atoms with Crippen molar-refractivity contribution < 1.29 is 9.13 Å². The van der Waals surface area contributed by atoms with E-state index in [9.17, 15) is 4.39 Å². The lowest BCUT2D eigenvalue weighted by Crippen LogP contribution is -2.04. The molecule has 2 rings (SSSR count). The Morgan fingerprint density at radius 2 is 2.06 bits per heavy atom. The molecule has 0 saturated carbocycles. The molecule has 0 amide bonds. The Morgan fingerprint density at radius 1 is 1.29 bits per heavy atom. The highest BCUT2D eigenvalue weighted by Gasteiger charge is 2.06. The number of halogens is 1. The van der Waals surface area contributed by atoms with Gasteiger partial charge in [-0.05, 0) is 37.6 Å². The Kier molecular flexibility index (Phi) is 3.08. The minimum Gasteiger partial charge on any atom is -0.486 e. The summed E-state index contributed by atoms with van der Waals surface area (Å²) in [6, 6.07) is 4.66. The van der Waals surface area contributed by atoms with Crippen LogP contribution in [-0.2, 0) is 13.7 Å². The highest BCUT2D eigenvalue weighted by molar-refractivity contribution is 5.28. The molecule has 0 aliphatic rings. The van der Waals surface area contributed by atoms with Crippen molar-refractivity contribution in [3.63, 3.8) is 0 Å². The van der Waals surface area contributed by atoms with E-state index in [4.69, 9.17) is 4.74 Å². The van der Waals surface area contributed by atoms with Gasteiger partial charge in [-0.1, -0.05) is 0 Å². The molecule has 0 aliphatic heterocycles. The molecule has 0 bridgehead atoms. The molecule has 4 nitrogen and oxygen atoms in total. The summed E-state index contributed by atoms with van der Waals surface area (Å²) < 4.78 is 20.4. The molecule has 0 N–H and O–H groups in total. The van der Waals surface area contributed by atoms with E-state index in [0.29, 0.717) is 17.9 Å². The summed E-state index contributed by atoms with van der Waals surface area (Å²) in [6.07, 6.45) is 0. The summed E-state index contributed by atoms with van der Waals surface area (Å²) in [7, 11) is 1.88. The fraction of sp³-hybridized carbons (Fsp3) is 0.333. The molecule has 0 radical (unpaired) electrons. The van der Waals surface area contributed by atoms with Crippen LogP contribution in [0.1, 0.15) is 17.2 Å². The Morgan fingerprint density at radius 3 is 2.65 bits per heavy atom. The van der Waals surface area contributed by atoms with Crippen molar-refractivity contribution in [3.8, 4) is 5.75 Å². The zero-order chi connectivity index (χ0) is 12.4. The van der Waals surface area contributed by atoms with Crippen molar-refractivity contribution in [1.29, 1.82) is 0 Å². The van der Waals surface area contributed by atoms with E-state index in [1.807, 2.05) is 18.5 Å². The number of aryl methyl sites for hydroxylation is 2. The van der Waals surface area contributed by atoms with E-state index in [0.717, 1.165) is 11.6 Å². The average molecular weight is 235 g/mol. The molecule has 1 aromatic carbocycles. The van der Waals surface area contributed by atoms with Gasteiger partial charge in [0, 0.05) is 7.05 Å². The number of rotatable bonds is 3. The topological polar surface area (TPSA) is 39.9 Å². The van der Waals surface area contributed by atoms with Gasteiger partial charge in [-0.25, -0.2) is 4.39 Å². The predicted octanol–water partition coefficient (Wildman–Crippen LogP) is 2.15. The predicted molar refractivity (Wildman–Crippen MR) is 61.2 cm³/mol. The molecule has 0 atom stereocenters. The summed E-state index contributed by atoms with van der Waals surface area (Å²) in [5.41, 5.74) is 0.566. The maximum absolute atomic E-state index is 13.0. The molecular formula is C12H14FN3O. The van der Waals surface area contributed by atoms with Crippen molar-refractivity contribution >= 4 is 0 Å². The number of hydrogen-bond donors (Lipinski definition) is 0. The van der Waals surface area contributed by atoms with Gasteiger partial charge in [-0.15, -0.1) is 10.2 Å². The molecule has 0 aliphatic carbocycles. The van der Waals surface area contributed by atoms with Gasteiger partial charge in [0.25, 0.3) is 0 Å². The molecule has 0 unspecified atom stereocenters. The largest absolute Gasteiger partial charge is 0.486 e. The minimum absolute atomic E-state index is 0.230. The van der Waals surface area contributed by atoms with Crippen molar-refractivity contribution in [2.75, 3.05) is 0 Å². The number of benzene rings is 1. The molecule has 0 saturated heterocycles. The summed E-state index contributed by atoms with van der Waals surface area (Å²) in [6.45, 7) is 3.90. The molecule has 2 aromatic rings. The number of nitrogens with zero attached hydrogens (tertiary/aromatic N) is 3. The van der Waals surface area contributed by atoms with Crippen molar-refractivity contribution in [3.05, 3.63) is 41.2 Å². The van der Waals surface area contributed by atoms with Crippen LogP contribution in [0.15, 0.2) is 18.2 Å². The highest BCUT2D eigenvalue weighted by atomic mass is 19.1. The van der Waals surface area contributed by atoms with E-state index >= 15 is 0 Å². The summed E-state index contributed by atoms with van der Waals surface area (Å²) in [5, 5.41) is 7.92. The molecule has 0 fully saturated rings. The van der Waals surface area contributed by atoms with Crippen LogP contribution in [0.2, 0.25) is 0 Å². The molecule has 17 heavy (non-hydrogen) atoms. The smallest absolute Gasteiger partial charge is 0.170 e. The van der Waals surface area contributed by atoms with Gasteiger partial charge >= 0.3 is 0 Å². The SMILES string of the molecule is Cc1cc(OCc2nnc(C)n2C)ccc1F. The number of ether oxygens (including phenoxy) is 1. The molecule has 1 aromatic heterocycles. The van der Waals surface area contributed by atoms with Crippen LogP contribution in [0.5, 0.6) is 5.75 Å². The summed E-state index contributed by atoms with van der Waals surface area (Å²) in [4.78, 5) is 0. The fourth-order valence-corrected chi connectivity index (χ4v) is 1.43. The first kappa shape index (κ1) is 11.6. The normalized spacial score (nSPS) is 10.6. The van der Waals surface area contributed by atoms with Gasteiger partial charge in [-0.3, -0.25) is 0 Å². The van der Waals surface area contributed by atoms with Gasteiger partial charge in [0.2, 0.25) is 0 Å². The lowest BCUT2D eigenvalue weighted by Gasteiger charge is -2.07. The second-order valence-electron chi connectivity index (χ2n) is 3.92. The Labute approximate surface area is 99.1 Å².